The first-order valence-corrected chi connectivity index (χ1v) is 8.85. The lowest BCUT2D eigenvalue weighted by Crippen LogP contribution is -2.51. The first-order chi connectivity index (χ1) is 10.9. The highest BCUT2D eigenvalue weighted by atomic mass is 35.5. The van der Waals surface area contributed by atoms with Gasteiger partial charge in [0.25, 0.3) is 0 Å². The molecule has 0 heterocycles. The van der Waals surface area contributed by atoms with Gasteiger partial charge in [0.2, 0.25) is 5.91 Å². The first kappa shape index (κ1) is 18.2. The van der Waals surface area contributed by atoms with Crippen LogP contribution in [0.2, 0.25) is 10.0 Å². The van der Waals surface area contributed by atoms with Gasteiger partial charge in [-0.2, -0.15) is 0 Å². The van der Waals surface area contributed by atoms with Crippen LogP contribution in [-0.4, -0.2) is 23.4 Å². The molecule has 0 N–H and O–H groups in total. The van der Waals surface area contributed by atoms with Crippen LogP contribution in [0.4, 0.5) is 0 Å². The molecule has 1 unspecified atom stereocenters. The molecule has 1 atom stereocenters. The van der Waals surface area contributed by atoms with Gasteiger partial charge in [0.1, 0.15) is 5.54 Å². The Labute approximate surface area is 149 Å². The predicted octanol–water partition coefficient (Wildman–Crippen LogP) is 4.97. The Kier molecular flexibility index (Phi) is 6.00. The molecule has 1 amide bonds. The molecule has 1 aliphatic rings. The van der Waals surface area contributed by atoms with Gasteiger partial charge in [-0.15, -0.1) is 6.42 Å². The van der Waals surface area contributed by atoms with Gasteiger partial charge in [0.05, 0.1) is 0 Å². The van der Waals surface area contributed by atoms with Gasteiger partial charge in [-0.25, -0.2) is 0 Å². The third-order valence-corrected chi connectivity index (χ3v) is 5.62. The van der Waals surface area contributed by atoms with Gasteiger partial charge >= 0.3 is 0 Å². The molecule has 2 rings (SSSR count). The number of nitrogens with zero attached hydrogens (tertiary/aromatic N) is 1. The predicted molar refractivity (Wildman–Crippen MR) is 96.7 cm³/mol. The molecule has 23 heavy (non-hydrogen) atoms. The van der Waals surface area contributed by atoms with Crippen LogP contribution in [0, 0.1) is 18.3 Å². The molecule has 1 saturated carbocycles. The van der Waals surface area contributed by atoms with Crippen LogP contribution in [0.25, 0.3) is 0 Å². The summed E-state index contributed by atoms with van der Waals surface area (Å²) < 4.78 is 0. The van der Waals surface area contributed by atoms with Crippen LogP contribution in [-0.2, 0) is 11.2 Å². The van der Waals surface area contributed by atoms with Crippen molar-refractivity contribution in [3.63, 3.8) is 0 Å². The van der Waals surface area contributed by atoms with Crippen LogP contribution in [0.3, 0.4) is 0 Å². The summed E-state index contributed by atoms with van der Waals surface area (Å²) in [5.41, 5.74) is 0.386. The molecular weight excluding hydrogens is 329 g/mol. The van der Waals surface area contributed by atoms with E-state index in [2.05, 4.69) is 5.92 Å². The van der Waals surface area contributed by atoms with Crippen molar-refractivity contribution in [1.29, 1.82) is 0 Å². The third kappa shape index (κ3) is 3.84. The van der Waals surface area contributed by atoms with E-state index in [0.717, 1.165) is 31.2 Å². The topological polar surface area (TPSA) is 20.3 Å². The quantitative estimate of drug-likeness (QED) is 0.701. The second kappa shape index (κ2) is 7.60. The standard InChI is InChI=1S/C19H23Cl2NO/c1-4-19(11-6-5-7-12-19)22(3)18(23)14(2)13-15-16(20)9-8-10-17(15)21/h1,8-10,14H,5-7,11-13H2,2-3H3. The van der Waals surface area contributed by atoms with Crippen molar-refractivity contribution in [1.82, 2.24) is 4.90 Å². The maximum absolute atomic E-state index is 12.9. The molecule has 0 saturated heterocycles. The second-order valence-electron chi connectivity index (χ2n) is 6.44. The number of terminal acetylenes is 1. The molecule has 1 aromatic carbocycles. The minimum atomic E-state index is -0.437. The van der Waals surface area contributed by atoms with Gasteiger partial charge in [-0.3, -0.25) is 4.79 Å². The van der Waals surface area contributed by atoms with Crippen LogP contribution >= 0.6 is 23.2 Å². The van der Waals surface area contributed by atoms with E-state index in [0.29, 0.717) is 16.5 Å². The van der Waals surface area contributed by atoms with Crippen molar-refractivity contribution in [3.05, 3.63) is 33.8 Å². The molecule has 1 aliphatic carbocycles. The Morgan fingerprint density at radius 1 is 1.30 bits per heavy atom. The van der Waals surface area contributed by atoms with Crippen molar-refractivity contribution in [2.75, 3.05) is 7.05 Å². The number of amides is 1. The van der Waals surface area contributed by atoms with E-state index in [-0.39, 0.29) is 11.8 Å². The number of hydrogen-bond acceptors (Lipinski definition) is 1. The van der Waals surface area contributed by atoms with E-state index in [1.54, 1.807) is 17.0 Å². The Balaban J connectivity index is 2.14. The Morgan fingerprint density at radius 3 is 2.39 bits per heavy atom. The minimum absolute atomic E-state index is 0.0563. The zero-order valence-electron chi connectivity index (χ0n) is 13.7. The number of carbonyl (C=O) groups is 1. The molecule has 4 heteroatoms. The highest BCUT2D eigenvalue weighted by Crippen LogP contribution is 2.34. The normalized spacial score (nSPS) is 18.0. The zero-order valence-corrected chi connectivity index (χ0v) is 15.3. The van der Waals surface area contributed by atoms with Crippen molar-refractivity contribution in [2.24, 2.45) is 5.92 Å². The fourth-order valence-electron chi connectivity index (χ4n) is 3.38. The van der Waals surface area contributed by atoms with Crippen molar-refractivity contribution in [3.8, 4) is 12.3 Å². The van der Waals surface area contributed by atoms with Gasteiger partial charge < -0.3 is 4.90 Å². The average molecular weight is 352 g/mol. The number of halogens is 2. The summed E-state index contributed by atoms with van der Waals surface area (Å²) in [6.45, 7) is 1.91. The van der Waals surface area contributed by atoms with E-state index in [4.69, 9.17) is 29.6 Å². The Bertz CT molecular complexity index is 594. The summed E-state index contributed by atoms with van der Waals surface area (Å²) in [6, 6.07) is 5.41. The Morgan fingerprint density at radius 2 is 1.87 bits per heavy atom. The smallest absolute Gasteiger partial charge is 0.226 e. The minimum Gasteiger partial charge on any atom is -0.329 e. The van der Waals surface area contributed by atoms with E-state index >= 15 is 0 Å². The maximum Gasteiger partial charge on any atom is 0.226 e. The number of hydrogen-bond donors (Lipinski definition) is 0. The largest absolute Gasteiger partial charge is 0.329 e. The van der Waals surface area contributed by atoms with Crippen molar-refractivity contribution >= 4 is 29.1 Å². The summed E-state index contributed by atoms with van der Waals surface area (Å²) in [5, 5.41) is 1.20. The molecule has 0 aromatic heterocycles. The van der Waals surface area contributed by atoms with Crippen LogP contribution in [0.5, 0.6) is 0 Å². The van der Waals surface area contributed by atoms with E-state index < -0.39 is 5.54 Å². The summed E-state index contributed by atoms with van der Waals surface area (Å²) in [5.74, 6) is 2.73. The monoisotopic (exact) mass is 351 g/mol. The molecule has 1 aromatic rings. The molecule has 124 valence electrons. The molecule has 2 nitrogen and oxygen atoms in total. The molecule has 0 bridgehead atoms. The van der Waals surface area contributed by atoms with E-state index in [9.17, 15) is 4.79 Å². The number of benzene rings is 1. The highest BCUT2D eigenvalue weighted by molar-refractivity contribution is 6.36. The van der Waals surface area contributed by atoms with Crippen LogP contribution in [0.15, 0.2) is 18.2 Å². The lowest BCUT2D eigenvalue weighted by molar-refractivity contribution is -0.138. The van der Waals surface area contributed by atoms with Crippen LogP contribution < -0.4 is 0 Å². The molecule has 0 spiro atoms. The van der Waals surface area contributed by atoms with E-state index in [1.165, 1.54) is 6.42 Å². The lowest BCUT2D eigenvalue weighted by Gasteiger charge is -2.41. The maximum atomic E-state index is 12.9. The SMILES string of the molecule is C#CC1(N(C)C(=O)C(C)Cc2c(Cl)cccc2Cl)CCCCC1. The van der Waals surface area contributed by atoms with Crippen molar-refractivity contribution < 1.29 is 4.79 Å². The summed E-state index contributed by atoms with van der Waals surface area (Å²) >= 11 is 12.4. The average Bonchev–Trinajstić information content (AvgIpc) is 2.57. The summed E-state index contributed by atoms with van der Waals surface area (Å²) in [7, 11) is 1.83. The zero-order chi connectivity index (χ0) is 17.0. The van der Waals surface area contributed by atoms with Crippen molar-refractivity contribution in [2.45, 2.75) is 51.0 Å². The first-order valence-electron chi connectivity index (χ1n) is 8.09. The van der Waals surface area contributed by atoms with Gasteiger partial charge in [-0.05, 0) is 37.0 Å². The lowest BCUT2D eigenvalue weighted by atomic mass is 9.80. The highest BCUT2D eigenvalue weighted by Gasteiger charge is 2.38. The number of rotatable bonds is 4. The summed E-state index contributed by atoms with van der Waals surface area (Å²) in [6.07, 6.45) is 11.4. The molecule has 1 fully saturated rings. The fraction of sp³-hybridized carbons (Fsp3) is 0.526. The van der Waals surface area contributed by atoms with E-state index in [1.807, 2.05) is 20.0 Å². The fourth-order valence-corrected chi connectivity index (χ4v) is 3.93. The molecule has 0 radical (unpaired) electrons. The Hall–Kier alpha value is -1.17. The van der Waals surface area contributed by atoms with Gasteiger partial charge in [0, 0.05) is 23.0 Å². The second-order valence-corrected chi connectivity index (χ2v) is 7.25. The van der Waals surface area contributed by atoms with Gasteiger partial charge in [0.15, 0.2) is 0 Å². The third-order valence-electron chi connectivity index (χ3n) is 4.92. The molecular formula is C19H23Cl2NO. The number of carbonyl (C=O) groups excluding carboxylic acids is 1. The summed E-state index contributed by atoms with van der Waals surface area (Å²) in [4.78, 5) is 14.7. The van der Waals surface area contributed by atoms with Gasteiger partial charge in [-0.1, -0.05) is 61.4 Å². The van der Waals surface area contributed by atoms with Crippen LogP contribution in [0.1, 0.15) is 44.6 Å². The molecule has 0 aliphatic heterocycles.